The van der Waals surface area contributed by atoms with Gasteiger partial charge in [-0.05, 0) is 44.6 Å². The molecule has 0 saturated carbocycles. The first kappa shape index (κ1) is 11.0. The third-order valence-corrected chi connectivity index (χ3v) is 2.13. The molecule has 0 heterocycles. The Balaban J connectivity index is 2.34. The van der Waals surface area contributed by atoms with Crippen molar-refractivity contribution in [2.75, 3.05) is 0 Å². The summed E-state index contributed by atoms with van der Waals surface area (Å²) in [4.78, 5) is 0. The fraction of sp³-hybridized carbons (Fsp3) is 0.429. The highest BCUT2D eigenvalue weighted by molar-refractivity contribution is 5.03. The molecule has 0 saturated heterocycles. The minimum absolute atomic E-state index is 1.07. The molecule has 0 spiro atoms. The molecule has 0 aliphatic heterocycles. The quantitative estimate of drug-likeness (QED) is 0.494. The minimum atomic E-state index is 1.07. The highest BCUT2D eigenvalue weighted by Crippen LogP contribution is 2.00. The predicted octanol–water partition coefficient (Wildman–Crippen LogP) is 4.37. The summed E-state index contributed by atoms with van der Waals surface area (Å²) in [5.41, 5.74) is 0. The van der Waals surface area contributed by atoms with Crippen LogP contribution in [0.5, 0.6) is 0 Å². The van der Waals surface area contributed by atoms with Crippen molar-refractivity contribution in [3.8, 4) is 0 Å². The second kappa shape index (κ2) is 8.55. The average Bonchev–Trinajstić information content (AvgIpc) is 2.22. The van der Waals surface area contributed by atoms with Crippen LogP contribution in [0.2, 0.25) is 0 Å². The smallest absolute Gasteiger partial charge is 0.0245 e. The fourth-order valence-corrected chi connectivity index (χ4v) is 1.33. The second-order valence-corrected chi connectivity index (χ2v) is 3.43. The Labute approximate surface area is 87.7 Å². The molecule has 0 atom stereocenters. The van der Waals surface area contributed by atoms with E-state index in [0.29, 0.717) is 0 Å². The molecule has 0 amide bonds. The van der Waals surface area contributed by atoms with Crippen molar-refractivity contribution in [1.29, 1.82) is 0 Å². The molecule has 0 unspecified atom stereocenters. The van der Waals surface area contributed by atoms with E-state index in [9.17, 15) is 0 Å². The van der Waals surface area contributed by atoms with Gasteiger partial charge in [0.1, 0.15) is 0 Å². The van der Waals surface area contributed by atoms with E-state index in [1.807, 2.05) is 0 Å². The maximum absolute atomic E-state index is 3.31. The van der Waals surface area contributed by atoms with Crippen molar-refractivity contribution < 1.29 is 0 Å². The minimum Gasteiger partial charge on any atom is -0.0882 e. The summed E-state index contributed by atoms with van der Waals surface area (Å²) in [6.45, 7) is 0. The SMILES string of the molecule is [C]1=C/CC/C=C/C=C\CC/C=C\CC/1. The number of hydrogen-bond acceptors (Lipinski definition) is 0. The Hall–Kier alpha value is -1.04. The molecule has 0 nitrogen and oxygen atoms in total. The van der Waals surface area contributed by atoms with E-state index in [1.54, 1.807) is 0 Å². The lowest BCUT2D eigenvalue weighted by Gasteiger charge is -1.90. The molecule has 75 valence electrons. The van der Waals surface area contributed by atoms with Crippen molar-refractivity contribution in [2.24, 2.45) is 0 Å². The summed E-state index contributed by atoms with van der Waals surface area (Å²) in [6, 6.07) is 0. The highest BCUT2D eigenvalue weighted by atomic mass is 13.9. The molecule has 0 fully saturated rings. The summed E-state index contributed by atoms with van der Waals surface area (Å²) in [6.07, 6.45) is 25.5. The van der Waals surface area contributed by atoms with Gasteiger partial charge in [0, 0.05) is 0 Å². The summed E-state index contributed by atoms with van der Waals surface area (Å²) in [5.74, 6) is 0. The van der Waals surface area contributed by atoms with Crippen LogP contribution in [0, 0.1) is 6.08 Å². The van der Waals surface area contributed by atoms with Crippen molar-refractivity contribution in [3.63, 3.8) is 0 Å². The van der Waals surface area contributed by atoms with Gasteiger partial charge < -0.3 is 0 Å². The first-order valence-electron chi connectivity index (χ1n) is 5.52. The van der Waals surface area contributed by atoms with Gasteiger partial charge in [-0.2, -0.15) is 0 Å². The molecular weight excluding hydrogens is 168 g/mol. The Morgan fingerprint density at radius 2 is 1.29 bits per heavy atom. The number of rotatable bonds is 0. The fourth-order valence-electron chi connectivity index (χ4n) is 1.33. The van der Waals surface area contributed by atoms with Crippen LogP contribution in [0.15, 0.2) is 42.5 Å². The lowest BCUT2D eigenvalue weighted by atomic mass is 10.2. The Morgan fingerprint density at radius 1 is 0.643 bits per heavy atom. The van der Waals surface area contributed by atoms with Crippen LogP contribution < -0.4 is 0 Å². The molecule has 1 rings (SSSR count). The van der Waals surface area contributed by atoms with Crippen LogP contribution in [-0.2, 0) is 0 Å². The van der Waals surface area contributed by atoms with Crippen molar-refractivity contribution in [3.05, 3.63) is 48.6 Å². The van der Waals surface area contributed by atoms with E-state index in [0.717, 1.165) is 38.5 Å². The van der Waals surface area contributed by atoms with E-state index < -0.39 is 0 Å². The van der Waals surface area contributed by atoms with Crippen molar-refractivity contribution in [1.82, 2.24) is 0 Å². The van der Waals surface area contributed by atoms with Crippen LogP contribution in [-0.4, -0.2) is 0 Å². The average molecular weight is 187 g/mol. The summed E-state index contributed by atoms with van der Waals surface area (Å²) in [5, 5.41) is 0. The van der Waals surface area contributed by atoms with Crippen LogP contribution in [0.1, 0.15) is 38.5 Å². The topological polar surface area (TPSA) is 0 Å². The maximum atomic E-state index is 3.31. The molecule has 0 aromatic carbocycles. The molecule has 0 bridgehead atoms. The molecule has 0 N–H and O–H groups in total. The lowest BCUT2D eigenvalue weighted by Crippen LogP contribution is -1.71. The van der Waals surface area contributed by atoms with Crippen molar-refractivity contribution >= 4 is 0 Å². The normalized spacial score (nSPS) is 28.6. The lowest BCUT2D eigenvalue weighted by molar-refractivity contribution is 0.967. The molecule has 1 aliphatic rings. The van der Waals surface area contributed by atoms with Crippen molar-refractivity contribution in [2.45, 2.75) is 38.5 Å². The van der Waals surface area contributed by atoms with E-state index >= 15 is 0 Å². The van der Waals surface area contributed by atoms with E-state index in [2.05, 4.69) is 48.6 Å². The van der Waals surface area contributed by atoms with Gasteiger partial charge in [-0.1, -0.05) is 42.5 Å². The third-order valence-electron chi connectivity index (χ3n) is 2.13. The molecule has 1 radical (unpaired) electrons. The summed E-state index contributed by atoms with van der Waals surface area (Å²) in [7, 11) is 0. The van der Waals surface area contributed by atoms with Gasteiger partial charge in [-0.3, -0.25) is 0 Å². The zero-order valence-corrected chi connectivity index (χ0v) is 8.78. The van der Waals surface area contributed by atoms with E-state index in [4.69, 9.17) is 0 Å². The number of allylic oxidation sites excluding steroid dienone is 8. The van der Waals surface area contributed by atoms with Crippen LogP contribution in [0.4, 0.5) is 0 Å². The zero-order valence-electron chi connectivity index (χ0n) is 8.78. The van der Waals surface area contributed by atoms with Gasteiger partial charge in [0.15, 0.2) is 0 Å². The first-order chi connectivity index (χ1) is 7.00. The van der Waals surface area contributed by atoms with Crippen LogP contribution in [0.25, 0.3) is 0 Å². The largest absolute Gasteiger partial charge is 0.0882 e. The van der Waals surface area contributed by atoms with Crippen LogP contribution in [0.3, 0.4) is 0 Å². The molecule has 0 aromatic rings. The van der Waals surface area contributed by atoms with E-state index in [1.165, 1.54) is 0 Å². The monoisotopic (exact) mass is 187 g/mol. The standard InChI is InChI=1S/C14H19/c1-2-4-6-8-10-12-14-13-11-9-7-5-3-1/h1-4,9-11H,5-8,13-14H2/b3-1-,4-2+,11-9-,12-10?. The van der Waals surface area contributed by atoms with Gasteiger partial charge in [0.25, 0.3) is 0 Å². The van der Waals surface area contributed by atoms with Gasteiger partial charge >= 0.3 is 0 Å². The maximum Gasteiger partial charge on any atom is -0.0245 e. The molecule has 0 heteroatoms. The Kier molecular flexibility index (Phi) is 6.74. The molecular formula is C14H19. The zero-order chi connectivity index (χ0) is 9.90. The Morgan fingerprint density at radius 3 is 2.14 bits per heavy atom. The summed E-state index contributed by atoms with van der Waals surface area (Å²) < 4.78 is 0. The second-order valence-electron chi connectivity index (χ2n) is 3.43. The predicted molar refractivity (Wildman–Crippen MR) is 62.9 cm³/mol. The number of hydrogen-bond donors (Lipinski definition) is 0. The molecule has 1 aliphatic carbocycles. The molecule has 0 aromatic heterocycles. The van der Waals surface area contributed by atoms with Gasteiger partial charge in [-0.25, -0.2) is 0 Å². The molecule has 14 heavy (non-hydrogen) atoms. The van der Waals surface area contributed by atoms with Gasteiger partial charge in [0.05, 0.1) is 0 Å². The highest BCUT2D eigenvalue weighted by Gasteiger charge is 1.81. The van der Waals surface area contributed by atoms with Crippen LogP contribution >= 0.6 is 0 Å². The van der Waals surface area contributed by atoms with Gasteiger partial charge in [-0.15, -0.1) is 0 Å². The third kappa shape index (κ3) is 6.47. The van der Waals surface area contributed by atoms with E-state index in [-0.39, 0.29) is 0 Å². The summed E-state index contributed by atoms with van der Waals surface area (Å²) >= 11 is 0. The van der Waals surface area contributed by atoms with Gasteiger partial charge in [0.2, 0.25) is 0 Å². The Bertz CT molecular complexity index is 202. The first-order valence-corrected chi connectivity index (χ1v) is 5.52.